The summed E-state index contributed by atoms with van der Waals surface area (Å²) in [6, 6.07) is 1.86. The van der Waals surface area contributed by atoms with E-state index in [1.807, 2.05) is 6.07 Å². The number of allylic oxidation sites excluding steroid dienone is 1. The smallest absolute Gasteiger partial charge is 0.139 e. The maximum Gasteiger partial charge on any atom is 0.139 e. The largest absolute Gasteiger partial charge is 0.506 e. The summed E-state index contributed by atoms with van der Waals surface area (Å²) in [4.78, 5) is 0. The molecule has 104 valence electrons. The zero-order chi connectivity index (χ0) is 13.7. The van der Waals surface area contributed by atoms with Crippen LogP contribution in [0.1, 0.15) is 62.1 Å². The second-order valence-electron chi connectivity index (χ2n) is 5.47. The molecule has 2 heteroatoms. The Morgan fingerprint density at radius 3 is 2.89 bits per heavy atom. The third-order valence-corrected chi connectivity index (χ3v) is 3.96. The fourth-order valence-electron chi connectivity index (χ4n) is 2.84. The van der Waals surface area contributed by atoms with Crippen LogP contribution in [0.25, 0.3) is 6.08 Å². The van der Waals surface area contributed by atoms with Gasteiger partial charge in [-0.15, -0.1) is 0 Å². The first-order valence-corrected chi connectivity index (χ1v) is 7.53. The Balaban J connectivity index is 2.26. The number of aromatic hydroxyl groups is 1. The second-order valence-corrected chi connectivity index (χ2v) is 5.47. The van der Waals surface area contributed by atoms with Gasteiger partial charge >= 0.3 is 0 Å². The fourth-order valence-corrected chi connectivity index (χ4v) is 2.84. The molecule has 3 N–H and O–H groups in total. The Labute approximate surface area is 116 Å². The lowest BCUT2D eigenvalue weighted by atomic mass is 9.93. The van der Waals surface area contributed by atoms with Crippen LogP contribution in [0.3, 0.4) is 0 Å². The molecule has 0 heterocycles. The van der Waals surface area contributed by atoms with Gasteiger partial charge in [-0.25, -0.2) is 0 Å². The van der Waals surface area contributed by atoms with Gasteiger partial charge in [-0.1, -0.05) is 38.3 Å². The summed E-state index contributed by atoms with van der Waals surface area (Å²) in [7, 11) is 0. The molecule has 0 bridgehead atoms. The molecule has 0 unspecified atom stereocenters. The first-order valence-electron chi connectivity index (χ1n) is 7.53. The molecule has 1 aliphatic rings. The lowest BCUT2D eigenvalue weighted by Crippen LogP contribution is -2.02. The topological polar surface area (TPSA) is 46.2 Å². The molecule has 1 aromatic carbocycles. The van der Waals surface area contributed by atoms with Crippen molar-refractivity contribution >= 4 is 11.8 Å². The number of fused-ring (bicyclic) bond motifs is 1. The lowest BCUT2D eigenvalue weighted by Gasteiger charge is -2.15. The molecule has 0 saturated heterocycles. The minimum absolute atomic E-state index is 0.263. The molecule has 2 nitrogen and oxygen atoms in total. The highest BCUT2D eigenvalue weighted by Crippen LogP contribution is 2.34. The van der Waals surface area contributed by atoms with Crippen LogP contribution in [0.5, 0.6) is 5.75 Å². The predicted molar refractivity (Wildman–Crippen MR) is 82.3 cm³/mol. The van der Waals surface area contributed by atoms with E-state index >= 15 is 0 Å². The fraction of sp³-hybridized carbons (Fsp3) is 0.529. The SMILES string of the molecule is CCCCCCc1c(N)c(O)cc2c1C=CCCC2. The second kappa shape index (κ2) is 6.65. The molecule has 0 atom stereocenters. The van der Waals surface area contributed by atoms with Gasteiger partial charge in [-0.3, -0.25) is 0 Å². The van der Waals surface area contributed by atoms with E-state index in [0.717, 1.165) is 37.7 Å². The summed E-state index contributed by atoms with van der Waals surface area (Å²) in [5, 5.41) is 10.0. The van der Waals surface area contributed by atoms with E-state index in [9.17, 15) is 5.11 Å². The number of phenolic OH excluding ortho intramolecular Hbond substituents is 1. The van der Waals surface area contributed by atoms with Crippen LogP contribution in [-0.2, 0) is 12.8 Å². The van der Waals surface area contributed by atoms with Gasteiger partial charge in [0, 0.05) is 0 Å². The average Bonchev–Trinajstić information content (AvgIpc) is 2.63. The van der Waals surface area contributed by atoms with Crippen molar-refractivity contribution < 1.29 is 5.11 Å². The van der Waals surface area contributed by atoms with Gasteiger partial charge in [0.15, 0.2) is 0 Å². The number of phenols is 1. The zero-order valence-corrected chi connectivity index (χ0v) is 11.9. The number of hydrogen-bond acceptors (Lipinski definition) is 2. The van der Waals surface area contributed by atoms with Gasteiger partial charge in [-0.05, 0) is 54.9 Å². The van der Waals surface area contributed by atoms with Crippen LogP contribution in [-0.4, -0.2) is 5.11 Å². The third-order valence-electron chi connectivity index (χ3n) is 3.96. The van der Waals surface area contributed by atoms with Gasteiger partial charge < -0.3 is 10.8 Å². The van der Waals surface area contributed by atoms with Gasteiger partial charge in [0.05, 0.1) is 5.69 Å². The van der Waals surface area contributed by atoms with Crippen molar-refractivity contribution in [3.8, 4) is 5.75 Å². The number of unbranched alkanes of at least 4 members (excludes halogenated alkanes) is 3. The van der Waals surface area contributed by atoms with Crippen LogP contribution in [0.4, 0.5) is 5.69 Å². The number of nitrogen functional groups attached to an aromatic ring is 1. The quantitative estimate of drug-likeness (QED) is 0.466. The van der Waals surface area contributed by atoms with E-state index in [4.69, 9.17) is 5.73 Å². The van der Waals surface area contributed by atoms with Crippen molar-refractivity contribution in [3.63, 3.8) is 0 Å². The van der Waals surface area contributed by atoms with Crippen molar-refractivity contribution in [1.82, 2.24) is 0 Å². The number of hydrogen-bond donors (Lipinski definition) is 2. The first-order chi connectivity index (χ1) is 9.24. The molecule has 19 heavy (non-hydrogen) atoms. The highest BCUT2D eigenvalue weighted by Gasteiger charge is 2.15. The van der Waals surface area contributed by atoms with Crippen molar-refractivity contribution in [3.05, 3.63) is 28.8 Å². The Morgan fingerprint density at radius 2 is 2.11 bits per heavy atom. The molecule has 0 spiro atoms. The van der Waals surface area contributed by atoms with Gasteiger partial charge in [0.2, 0.25) is 0 Å². The molecule has 1 aromatic rings. The maximum absolute atomic E-state index is 10.0. The van der Waals surface area contributed by atoms with Crippen LogP contribution >= 0.6 is 0 Å². The summed E-state index contributed by atoms with van der Waals surface area (Å²) < 4.78 is 0. The summed E-state index contributed by atoms with van der Waals surface area (Å²) in [5.41, 5.74) is 10.4. The summed E-state index contributed by atoms with van der Waals surface area (Å²) >= 11 is 0. The zero-order valence-electron chi connectivity index (χ0n) is 11.9. The van der Waals surface area contributed by atoms with Crippen LogP contribution < -0.4 is 5.73 Å². The van der Waals surface area contributed by atoms with Crippen LogP contribution in [0.15, 0.2) is 12.1 Å². The van der Waals surface area contributed by atoms with E-state index in [1.54, 1.807) is 0 Å². The number of benzene rings is 1. The highest BCUT2D eigenvalue weighted by molar-refractivity contribution is 5.71. The standard InChI is InChI=1S/C17H25NO/c1-2-3-4-7-11-15-14-10-8-5-6-9-13(14)12-16(19)17(15)18/h8,10,12,19H,2-7,9,11,18H2,1H3. The van der Waals surface area contributed by atoms with E-state index < -0.39 is 0 Å². The first kappa shape index (κ1) is 14.0. The molecule has 0 aromatic heterocycles. The number of nitrogens with two attached hydrogens (primary N) is 1. The van der Waals surface area contributed by atoms with E-state index in [0.29, 0.717) is 5.69 Å². The van der Waals surface area contributed by atoms with E-state index in [1.165, 1.54) is 30.4 Å². The molecule has 2 rings (SSSR count). The molecule has 0 amide bonds. The van der Waals surface area contributed by atoms with E-state index in [2.05, 4.69) is 19.1 Å². The minimum Gasteiger partial charge on any atom is -0.506 e. The Morgan fingerprint density at radius 1 is 1.26 bits per heavy atom. The van der Waals surface area contributed by atoms with Crippen molar-refractivity contribution in [1.29, 1.82) is 0 Å². The number of anilines is 1. The van der Waals surface area contributed by atoms with Crippen molar-refractivity contribution in [2.75, 3.05) is 5.73 Å². The van der Waals surface area contributed by atoms with Gasteiger partial charge in [0.25, 0.3) is 0 Å². The maximum atomic E-state index is 10.0. The molecule has 1 aliphatic carbocycles. The normalized spacial score (nSPS) is 14.2. The van der Waals surface area contributed by atoms with Gasteiger partial charge in [-0.2, -0.15) is 0 Å². The summed E-state index contributed by atoms with van der Waals surface area (Å²) in [6.07, 6.45) is 13.6. The Bertz CT molecular complexity index is 463. The van der Waals surface area contributed by atoms with E-state index in [-0.39, 0.29) is 5.75 Å². The molecular weight excluding hydrogens is 234 g/mol. The summed E-state index contributed by atoms with van der Waals surface area (Å²) in [5.74, 6) is 0.263. The minimum atomic E-state index is 0.263. The van der Waals surface area contributed by atoms with Crippen LogP contribution in [0, 0.1) is 0 Å². The summed E-state index contributed by atoms with van der Waals surface area (Å²) in [6.45, 7) is 2.22. The van der Waals surface area contributed by atoms with Gasteiger partial charge in [0.1, 0.15) is 5.75 Å². The molecule has 0 fully saturated rings. The molecule has 0 radical (unpaired) electrons. The average molecular weight is 259 g/mol. The number of rotatable bonds is 5. The number of aryl methyl sites for hydroxylation is 1. The molecule has 0 aliphatic heterocycles. The van der Waals surface area contributed by atoms with Crippen molar-refractivity contribution in [2.45, 2.75) is 58.3 Å². The third kappa shape index (κ3) is 3.31. The molecular formula is C17H25NO. The Hall–Kier alpha value is -1.44. The van der Waals surface area contributed by atoms with Crippen molar-refractivity contribution in [2.24, 2.45) is 0 Å². The highest BCUT2D eigenvalue weighted by atomic mass is 16.3. The Kier molecular flexibility index (Phi) is 4.89. The van der Waals surface area contributed by atoms with Crippen LogP contribution in [0.2, 0.25) is 0 Å². The molecule has 0 saturated carbocycles. The lowest BCUT2D eigenvalue weighted by molar-refractivity contribution is 0.476. The monoisotopic (exact) mass is 259 g/mol. The predicted octanol–water partition coefficient (Wildman–Crippen LogP) is 4.45.